The van der Waals surface area contributed by atoms with E-state index in [4.69, 9.17) is 18.9 Å². The smallest absolute Gasteiger partial charge is 0.303 e. The van der Waals surface area contributed by atoms with Crippen LogP contribution in [0.3, 0.4) is 0 Å². The number of aliphatic hydroxyl groups is 1. The predicted octanol–water partition coefficient (Wildman–Crippen LogP) is 0.289. The number of nitrogens with one attached hydrogen (secondary N) is 1. The summed E-state index contributed by atoms with van der Waals surface area (Å²) in [5.41, 5.74) is 0.850. The topological polar surface area (TPSA) is 120 Å². The quantitative estimate of drug-likeness (QED) is 0.632. The van der Waals surface area contributed by atoms with Crippen LogP contribution in [0.5, 0.6) is 0 Å². The molecule has 1 fully saturated rings. The average Bonchev–Trinajstić information content (AvgIpc) is 2.62. The largest absolute Gasteiger partial charge is 0.463 e. The van der Waals surface area contributed by atoms with Gasteiger partial charge >= 0.3 is 11.9 Å². The third-order valence-corrected chi connectivity index (χ3v) is 4.07. The van der Waals surface area contributed by atoms with E-state index in [0.29, 0.717) is 0 Å². The predicted molar refractivity (Wildman–Crippen MR) is 95.7 cm³/mol. The molecule has 0 bridgehead atoms. The molecule has 1 aromatic rings. The normalized spacial score (nSPS) is 26.9. The third kappa shape index (κ3) is 6.29. The van der Waals surface area contributed by atoms with Crippen LogP contribution in [-0.2, 0) is 39.9 Å². The van der Waals surface area contributed by atoms with E-state index in [-0.39, 0.29) is 13.2 Å². The van der Waals surface area contributed by atoms with Gasteiger partial charge in [0.2, 0.25) is 5.91 Å². The van der Waals surface area contributed by atoms with Crippen molar-refractivity contribution in [3.63, 3.8) is 0 Å². The number of aliphatic hydroxyl groups excluding tert-OH is 1. The molecular weight excluding hydrogens is 370 g/mol. The molecule has 5 unspecified atom stereocenters. The monoisotopic (exact) mass is 395 g/mol. The van der Waals surface area contributed by atoms with Crippen LogP contribution in [0.1, 0.15) is 26.3 Å². The molecule has 0 spiro atoms. The second-order valence-corrected chi connectivity index (χ2v) is 6.43. The van der Waals surface area contributed by atoms with Gasteiger partial charge in [0.25, 0.3) is 0 Å². The molecule has 1 aliphatic heterocycles. The fourth-order valence-corrected chi connectivity index (χ4v) is 2.94. The fourth-order valence-electron chi connectivity index (χ4n) is 2.94. The van der Waals surface area contributed by atoms with Crippen molar-refractivity contribution in [3.8, 4) is 0 Å². The molecule has 1 heterocycles. The van der Waals surface area contributed by atoms with Crippen LogP contribution < -0.4 is 5.32 Å². The van der Waals surface area contributed by atoms with E-state index in [2.05, 4.69) is 5.32 Å². The summed E-state index contributed by atoms with van der Waals surface area (Å²) in [6.45, 7) is 3.63. The van der Waals surface area contributed by atoms with Gasteiger partial charge in [-0.15, -0.1) is 0 Å². The molecule has 0 radical (unpaired) electrons. The summed E-state index contributed by atoms with van der Waals surface area (Å²) in [4.78, 5) is 34.4. The van der Waals surface area contributed by atoms with Crippen molar-refractivity contribution in [3.05, 3.63) is 35.9 Å². The highest BCUT2D eigenvalue weighted by molar-refractivity contribution is 5.73. The highest BCUT2D eigenvalue weighted by atomic mass is 16.7. The molecule has 1 aromatic carbocycles. The van der Waals surface area contributed by atoms with Crippen LogP contribution in [0, 0.1) is 0 Å². The van der Waals surface area contributed by atoms with Crippen molar-refractivity contribution >= 4 is 17.8 Å². The van der Waals surface area contributed by atoms with E-state index in [1.165, 1.54) is 20.8 Å². The molecule has 28 heavy (non-hydrogen) atoms. The molecule has 0 aliphatic carbocycles. The molecule has 2 N–H and O–H groups in total. The van der Waals surface area contributed by atoms with Crippen molar-refractivity contribution in [1.82, 2.24) is 5.32 Å². The minimum atomic E-state index is -1.45. The molecule has 1 aliphatic rings. The number of ether oxygens (including phenoxy) is 4. The van der Waals surface area contributed by atoms with Gasteiger partial charge in [0.1, 0.15) is 24.9 Å². The van der Waals surface area contributed by atoms with Gasteiger partial charge < -0.3 is 29.4 Å². The number of amides is 1. The zero-order chi connectivity index (χ0) is 20.7. The molecule has 9 heteroatoms. The Bertz CT molecular complexity index is 680. The van der Waals surface area contributed by atoms with Gasteiger partial charge in [-0.05, 0) is 5.56 Å². The maximum Gasteiger partial charge on any atom is 0.303 e. The van der Waals surface area contributed by atoms with E-state index >= 15 is 0 Å². The Balaban J connectivity index is 2.26. The third-order valence-electron chi connectivity index (χ3n) is 4.07. The minimum Gasteiger partial charge on any atom is -0.463 e. The first kappa shape index (κ1) is 21.8. The highest BCUT2D eigenvalue weighted by Crippen LogP contribution is 2.26. The summed E-state index contributed by atoms with van der Waals surface area (Å²) >= 11 is 0. The lowest BCUT2D eigenvalue weighted by Crippen LogP contribution is -2.65. The lowest BCUT2D eigenvalue weighted by Gasteiger charge is -2.44. The minimum absolute atomic E-state index is 0.145. The molecule has 154 valence electrons. The molecule has 1 saturated heterocycles. The van der Waals surface area contributed by atoms with Gasteiger partial charge in [0, 0.05) is 20.8 Å². The fraction of sp³-hybridized carbons (Fsp3) is 0.526. The zero-order valence-electron chi connectivity index (χ0n) is 16.0. The zero-order valence-corrected chi connectivity index (χ0v) is 16.0. The number of carbonyl (C=O) groups excluding carboxylic acids is 3. The van der Waals surface area contributed by atoms with Crippen LogP contribution in [0.4, 0.5) is 0 Å². The van der Waals surface area contributed by atoms with E-state index in [1.807, 2.05) is 30.3 Å². The van der Waals surface area contributed by atoms with E-state index in [9.17, 15) is 19.5 Å². The standard InChI is InChI=1S/C19H25NO8/c1-11(21)20-16-18(26-9-14-7-5-4-6-8-14)17(27-13(3)23)15(28-19(16)24)10-25-12(2)22/h4-8,15-19,24H,9-10H2,1-3H3,(H,20,21). The maximum atomic E-state index is 11.6. The SMILES string of the molecule is CC(=O)NC1C(O)OC(COC(C)=O)C(OC(C)=O)C1OCc1ccccc1. The molecule has 5 atom stereocenters. The lowest BCUT2D eigenvalue weighted by atomic mass is 9.96. The van der Waals surface area contributed by atoms with E-state index < -0.39 is 48.5 Å². The first-order valence-electron chi connectivity index (χ1n) is 8.84. The molecule has 2 rings (SSSR count). The van der Waals surface area contributed by atoms with Crippen LogP contribution in [0.2, 0.25) is 0 Å². The Kier molecular flexibility index (Phi) is 7.91. The summed E-state index contributed by atoms with van der Waals surface area (Å²) in [5, 5.41) is 12.9. The summed E-state index contributed by atoms with van der Waals surface area (Å²) in [6.07, 6.45) is -4.36. The Morgan fingerprint density at radius 3 is 2.32 bits per heavy atom. The number of benzene rings is 1. The Morgan fingerprint density at radius 1 is 1.07 bits per heavy atom. The van der Waals surface area contributed by atoms with Gasteiger partial charge in [0.15, 0.2) is 12.4 Å². The van der Waals surface area contributed by atoms with Crippen molar-refractivity contribution in [2.45, 2.75) is 58.0 Å². The van der Waals surface area contributed by atoms with Gasteiger partial charge in [-0.3, -0.25) is 14.4 Å². The van der Waals surface area contributed by atoms with Gasteiger partial charge in [-0.25, -0.2) is 0 Å². The lowest BCUT2D eigenvalue weighted by molar-refractivity contribution is -0.269. The Morgan fingerprint density at radius 2 is 1.75 bits per heavy atom. The summed E-state index contributed by atoms with van der Waals surface area (Å²) < 4.78 is 21.7. The van der Waals surface area contributed by atoms with Gasteiger partial charge in [0.05, 0.1) is 6.61 Å². The maximum absolute atomic E-state index is 11.6. The van der Waals surface area contributed by atoms with Crippen molar-refractivity contribution in [2.24, 2.45) is 0 Å². The van der Waals surface area contributed by atoms with Crippen LogP contribution in [0.25, 0.3) is 0 Å². The van der Waals surface area contributed by atoms with E-state index in [1.54, 1.807) is 0 Å². The summed E-state index contributed by atoms with van der Waals surface area (Å²) in [5.74, 6) is -1.57. The molecule has 1 amide bonds. The number of rotatable bonds is 7. The second kappa shape index (κ2) is 10.2. The van der Waals surface area contributed by atoms with Crippen LogP contribution in [-0.4, -0.2) is 60.2 Å². The number of esters is 2. The van der Waals surface area contributed by atoms with Crippen LogP contribution in [0.15, 0.2) is 30.3 Å². The van der Waals surface area contributed by atoms with Crippen molar-refractivity contribution < 1.29 is 38.4 Å². The number of hydrogen-bond acceptors (Lipinski definition) is 8. The van der Waals surface area contributed by atoms with Crippen molar-refractivity contribution in [1.29, 1.82) is 0 Å². The molecule has 0 saturated carbocycles. The van der Waals surface area contributed by atoms with Crippen molar-refractivity contribution in [2.75, 3.05) is 6.61 Å². The molecular formula is C19H25NO8. The first-order chi connectivity index (χ1) is 13.3. The summed E-state index contributed by atoms with van der Waals surface area (Å²) in [6, 6.07) is 8.25. The Labute approximate surface area is 162 Å². The summed E-state index contributed by atoms with van der Waals surface area (Å²) in [7, 11) is 0. The highest BCUT2D eigenvalue weighted by Gasteiger charge is 2.49. The van der Waals surface area contributed by atoms with Crippen LogP contribution >= 0.6 is 0 Å². The first-order valence-corrected chi connectivity index (χ1v) is 8.84. The second-order valence-electron chi connectivity index (χ2n) is 6.43. The molecule has 9 nitrogen and oxygen atoms in total. The number of hydrogen-bond donors (Lipinski definition) is 2. The number of carbonyl (C=O) groups is 3. The molecule has 0 aromatic heterocycles. The average molecular weight is 395 g/mol. The van der Waals surface area contributed by atoms with Gasteiger partial charge in [-0.2, -0.15) is 0 Å². The van der Waals surface area contributed by atoms with Gasteiger partial charge in [-0.1, -0.05) is 30.3 Å². The Hall–Kier alpha value is -2.49. The van der Waals surface area contributed by atoms with E-state index in [0.717, 1.165) is 5.56 Å².